The Hall–Kier alpha value is -3.47. The number of halogens is 3. The Morgan fingerprint density at radius 1 is 1.03 bits per heavy atom. The summed E-state index contributed by atoms with van der Waals surface area (Å²) in [4.78, 5) is 46.1. The second kappa shape index (κ2) is 11.0. The molecule has 1 N–H and O–H groups in total. The van der Waals surface area contributed by atoms with Gasteiger partial charge in [-0.05, 0) is 49.9 Å². The molecule has 0 bridgehead atoms. The first kappa shape index (κ1) is 28.5. The van der Waals surface area contributed by atoms with Crippen LogP contribution in [0, 0.1) is 17.8 Å². The molecule has 210 valence electrons. The molecule has 2 amide bonds. The topological polar surface area (TPSA) is 94.1 Å². The summed E-state index contributed by atoms with van der Waals surface area (Å²) in [6.07, 6.45) is 1.31. The van der Waals surface area contributed by atoms with E-state index in [0.717, 1.165) is 56.6 Å². The van der Waals surface area contributed by atoms with Crippen LogP contribution in [0.1, 0.15) is 40.7 Å². The molecule has 0 radical (unpaired) electrons. The number of hydrogen-bond donors (Lipinski definition) is 1. The Balaban J connectivity index is 0.000000448. The maximum Gasteiger partial charge on any atom is 0.490 e. The summed E-state index contributed by atoms with van der Waals surface area (Å²) >= 11 is 0. The van der Waals surface area contributed by atoms with Crippen molar-refractivity contribution in [3.63, 3.8) is 0 Å². The number of carboxylic acids is 1. The van der Waals surface area contributed by atoms with E-state index in [9.17, 15) is 22.8 Å². The molecule has 39 heavy (non-hydrogen) atoms. The Morgan fingerprint density at radius 2 is 1.67 bits per heavy atom. The Labute approximate surface area is 225 Å². The Bertz CT molecular complexity index is 1200. The molecule has 3 aliphatic rings. The normalized spacial score (nSPS) is 22.7. The quantitative estimate of drug-likeness (QED) is 0.632. The third-order valence-electron chi connectivity index (χ3n) is 8.34. The van der Waals surface area contributed by atoms with E-state index >= 15 is 0 Å². The predicted octanol–water partition coefficient (Wildman–Crippen LogP) is 3.61. The van der Waals surface area contributed by atoms with Crippen LogP contribution >= 0.6 is 0 Å². The lowest BCUT2D eigenvalue weighted by Crippen LogP contribution is -2.53. The third kappa shape index (κ3) is 5.78. The highest BCUT2D eigenvalue weighted by molar-refractivity contribution is 5.94. The highest BCUT2D eigenvalue weighted by Crippen LogP contribution is 2.57. The molecule has 8 nitrogen and oxygen atoms in total. The Kier molecular flexibility index (Phi) is 8.02. The zero-order chi connectivity index (χ0) is 28.4. The number of pyridine rings is 1. The van der Waals surface area contributed by atoms with E-state index in [1.165, 1.54) is 5.56 Å². The molecule has 3 aliphatic heterocycles. The van der Waals surface area contributed by atoms with Crippen LogP contribution in [-0.2, 0) is 16.1 Å². The van der Waals surface area contributed by atoms with Gasteiger partial charge in [0.15, 0.2) is 0 Å². The number of alkyl halides is 3. The standard InChI is InChI=1S/C26H32N4O2.C2HF3O2/c1-20-5-7-22(8-6-20)23(31)30-14-9-25(10-15-30)18-29(17-21-4-3-12-27-16-21)19-26(25)11-13-28(2)24(26)32;3-2(4,5)1(6)7/h3-8,12,16H,9-11,13-15,17-19H2,1-2H3;(H,6,7). The monoisotopic (exact) mass is 546 g/mol. The molecule has 0 saturated carbocycles. The molecular weight excluding hydrogens is 513 g/mol. The smallest absolute Gasteiger partial charge is 0.475 e. The zero-order valence-corrected chi connectivity index (χ0v) is 22.1. The number of aryl methyl sites for hydroxylation is 1. The molecule has 0 aliphatic carbocycles. The summed E-state index contributed by atoms with van der Waals surface area (Å²) in [6, 6.07) is 11.9. The molecule has 2 aromatic rings. The van der Waals surface area contributed by atoms with Gasteiger partial charge >= 0.3 is 12.1 Å². The van der Waals surface area contributed by atoms with Gasteiger partial charge in [0, 0.05) is 69.7 Å². The summed E-state index contributed by atoms with van der Waals surface area (Å²) < 4.78 is 31.7. The van der Waals surface area contributed by atoms with Crippen LogP contribution < -0.4 is 0 Å². The van der Waals surface area contributed by atoms with Crippen molar-refractivity contribution in [2.45, 2.75) is 38.9 Å². The maximum atomic E-state index is 13.5. The predicted molar refractivity (Wildman–Crippen MR) is 137 cm³/mol. The number of aromatic nitrogens is 1. The van der Waals surface area contributed by atoms with E-state index in [1.807, 2.05) is 60.3 Å². The lowest BCUT2D eigenvalue weighted by atomic mass is 9.60. The van der Waals surface area contributed by atoms with E-state index in [4.69, 9.17) is 9.90 Å². The van der Waals surface area contributed by atoms with Crippen LogP contribution in [0.2, 0.25) is 0 Å². The second-order valence-electron chi connectivity index (χ2n) is 10.8. The van der Waals surface area contributed by atoms with Gasteiger partial charge in [0.25, 0.3) is 5.91 Å². The second-order valence-corrected chi connectivity index (χ2v) is 10.8. The minimum Gasteiger partial charge on any atom is -0.475 e. The van der Waals surface area contributed by atoms with Gasteiger partial charge in [0.1, 0.15) is 0 Å². The SMILES string of the molecule is Cc1ccc(C(=O)N2CCC3(CC2)CN(Cc2cccnc2)CC32CCN(C)C2=O)cc1.O=C(O)C(F)(F)F. The minimum absolute atomic E-state index is 0.0683. The van der Waals surface area contributed by atoms with Crippen molar-refractivity contribution in [2.75, 3.05) is 39.8 Å². The first-order valence-electron chi connectivity index (χ1n) is 12.9. The van der Waals surface area contributed by atoms with E-state index in [1.54, 1.807) is 6.20 Å². The van der Waals surface area contributed by atoms with Crippen molar-refractivity contribution in [3.05, 3.63) is 65.5 Å². The molecule has 1 aromatic carbocycles. The van der Waals surface area contributed by atoms with E-state index in [0.29, 0.717) is 19.0 Å². The number of carbonyl (C=O) groups is 3. The van der Waals surface area contributed by atoms with Gasteiger partial charge in [-0.25, -0.2) is 4.79 Å². The number of carboxylic acid groups (broad SMARTS) is 1. The molecule has 3 saturated heterocycles. The molecule has 1 atom stereocenters. The van der Waals surface area contributed by atoms with Gasteiger partial charge in [-0.15, -0.1) is 0 Å². The lowest BCUT2D eigenvalue weighted by molar-refractivity contribution is -0.192. The molecule has 3 fully saturated rings. The number of nitrogens with zero attached hydrogens (tertiary/aromatic N) is 4. The van der Waals surface area contributed by atoms with Gasteiger partial charge in [-0.1, -0.05) is 23.8 Å². The summed E-state index contributed by atoms with van der Waals surface area (Å²) in [6.45, 7) is 6.82. The first-order valence-corrected chi connectivity index (χ1v) is 12.9. The van der Waals surface area contributed by atoms with Crippen LogP contribution in [0.25, 0.3) is 0 Å². The van der Waals surface area contributed by atoms with Gasteiger partial charge in [-0.3, -0.25) is 19.5 Å². The number of carbonyl (C=O) groups excluding carboxylic acids is 2. The number of likely N-dealkylation sites (tertiary alicyclic amines) is 3. The maximum absolute atomic E-state index is 13.5. The lowest BCUT2D eigenvalue weighted by Gasteiger charge is -2.47. The fraction of sp³-hybridized carbons (Fsp3) is 0.500. The third-order valence-corrected chi connectivity index (χ3v) is 8.34. The van der Waals surface area contributed by atoms with E-state index in [2.05, 4.69) is 16.0 Å². The van der Waals surface area contributed by atoms with Crippen molar-refractivity contribution in [1.29, 1.82) is 0 Å². The first-order chi connectivity index (χ1) is 18.4. The van der Waals surface area contributed by atoms with Crippen LogP contribution in [0.3, 0.4) is 0 Å². The van der Waals surface area contributed by atoms with Crippen LogP contribution in [0.5, 0.6) is 0 Å². The molecule has 5 rings (SSSR count). The number of piperidine rings is 1. The fourth-order valence-corrected chi connectivity index (χ4v) is 6.27. The molecule has 1 aromatic heterocycles. The largest absolute Gasteiger partial charge is 0.490 e. The van der Waals surface area contributed by atoms with Gasteiger partial charge in [0.05, 0.1) is 5.41 Å². The van der Waals surface area contributed by atoms with Crippen molar-refractivity contribution < 1.29 is 32.7 Å². The number of aliphatic carboxylic acids is 1. The summed E-state index contributed by atoms with van der Waals surface area (Å²) in [5.74, 6) is -2.36. The highest BCUT2D eigenvalue weighted by atomic mass is 19.4. The molecular formula is C28H33F3N4O4. The van der Waals surface area contributed by atoms with Gasteiger partial charge < -0.3 is 14.9 Å². The molecule has 4 heterocycles. The van der Waals surface area contributed by atoms with Crippen molar-refractivity contribution in [1.82, 2.24) is 19.7 Å². The van der Waals surface area contributed by atoms with Crippen molar-refractivity contribution in [3.8, 4) is 0 Å². The highest BCUT2D eigenvalue weighted by Gasteiger charge is 2.64. The average Bonchev–Trinajstić information content (AvgIpc) is 3.36. The van der Waals surface area contributed by atoms with Gasteiger partial charge in [0.2, 0.25) is 5.91 Å². The van der Waals surface area contributed by atoms with Gasteiger partial charge in [-0.2, -0.15) is 13.2 Å². The summed E-state index contributed by atoms with van der Waals surface area (Å²) in [7, 11) is 1.94. The van der Waals surface area contributed by atoms with Crippen LogP contribution in [0.4, 0.5) is 13.2 Å². The zero-order valence-electron chi connectivity index (χ0n) is 22.1. The van der Waals surface area contributed by atoms with Crippen molar-refractivity contribution >= 4 is 17.8 Å². The molecule has 1 unspecified atom stereocenters. The fourth-order valence-electron chi connectivity index (χ4n) is 6.27. The van der Waals surface area contributed by atoms with Crippen molar-refractivity contribution in [2.24, 2.45) is 10.8 Å². The summed E-state index contributed by atoms with van der Waals surface area (Å²) in [5.41, 5.74) is 2.70. The van der Waals surface area contributed by atoms with E-state index < -0.39 is 12.1 Å². The number of hydrogen-bond acceptors (Lipinski definition) is 5. The molecule has 2 spiro atoms. The number of amides is 2. The number of benzene rings is 1. The summed E-state index contributed by atoms with van der Waals surface area (Å²) in [5, 5.41) is 7.12. The average molecular weight is 547 g/mol. The minimum atomic E-state index is -5.08. The van der Waals surface area contributed by atoms with Crippen LogP contribution in [0.15, 0.2) is 48.8 Å². The molecule has 11 heteroatoms. The van der Waals surface area contributed by atoms with Crippen LogP contribution in [-0.4, -0.2) is 88.5 Å². The number of fused-ring (bicyclic) bond motifs is 1. The van der Waals surface area contributed by atoms with E-state index in [-0.39, 0.29) is 16.7 Å². The Morgan fingerprint density at radius 3 is 2.18 bits per heavy atom. The number of rotatable bonds is 3.